The summed E-state index contributed by atoms with van der Waals surface area (Å²) in [6.07, 6.45) is -3.18. The Balaban J connectivity index is 2.57. The molecular formula is C10H12F2N2O2. The predicted molar refractivity (Wildman–Crippen MR) is 53.3 cm³/mol. The van der Waals surface area contributed by atoms with Gasteiger partial charge >= 0.3 is 0 Å². The van der Waals surface area contributed by atoms with Gasteiger partial charge < -0.3 is 10.4 Å². The van der Waals surface area contributed by atoms with E-state index in [0.717, 1.165) is 0 Å². The van der Waals surface area contributed by atoms with Gasteiger partial charge in [-0.1, -0.05) is 0 Å². The standard InChI is InChI=1S/C10H12F2N2O2/c1-6-7(3-2-4-13-6)10(16)14-5-8(15)9(11)12/h2-4,8-9,15H,5H2,1H3,(H,14,16). The number of rotatable bonds is 4. The van der Waals surface area contributed by atoms with Gasteiger partial charge in [-0.25, -0.2) is 8.78 Å². The maximum absolute atomic E-state index is 11.9. The molecule has 0 aliphatic carbocycles. The fraction of sp³-hybridized carbons (Fsp3) is 0.400. The second-order valence-corrected chi connectivity index (χ2v) is 3.25. The van der Waals surface area contributed by atoms with Crippen LogP contribution in [-0.4, -0.2) is 35.1 Å². The van der Waals surface area contributed by atoms with E-state index in [1.165, 1.54) is 12.3 Å². The van der Waals surface area contributed by atoms with Gasteiger partial charge in [-0.15, -0.1) is 0 Å². The van der Waals surface area contributed by atoms with E-state index in [1.807, 2.05) is 0 Å². The number of hydrogen-bond donors (Lipinski definition) is 2. The molecule has 88 valence electrons. The van der Waals surface area contributed by atoms with Gasteiger partial charge in [-0.3, -0.25) is 9.78 Å². The quantitative estimate of drug-likeness (QED) is 0.802. The first-order valence-electron chi connectivity index (χ1n) is 4.68. The first kappa shape index (κ1) is 12.5. The third kappa shape index (κ3) is 3.23. The monoisotopic (exact) mass is 230 g/mol. The fourth-order valence-corrected chi connectivity index (χ4v) is 1.11. The van der Waals surface area contributed by atoms with Gasteiger partial charge in [-0.2, -0.15) is 0 Å². The highest BCUT2D eigenvalue weighted by atomic mass is 19.3. The van der Waals surface area contributed by atoms with Gasteiger partial charge in [0.25, 0.3) is 12.3 Å². The van der Waals surface area contributed by atoms with Crippen molar-refractivity contribution in [2.45, 2.75) is 19.5 Å². The molecule has 1 atom stereocenters. The van der Waals surface area contributed by atoms with Crippen molar-refractivity contribution in [1.29, 1.82) is 0 Å². The number of carbonyl (C=O) groups excluding carboxylic acids is 1. The molecule has 1 heterocycles. The maximum Gasteiger partial charge on any atom is 0.265 e. The van der Waals surface area contributed by atoms with Crippen LogP contribution in [0.4, 0.5) is 8.78 Å². The van der Waals surface area contributed by atoms with Crippen molar-refractivity contribution in [3.63, 3.8) is 0 Å². The highest BCUT2D eigenvalue weighted by Crippen LogP contribution is 2.04. The Labute approximate surface area is 91.3 Å². The number of nitrogens with one attached hydrogen (secondary N) is 1. The van der Waals surface area contributed by atoms with Crippen LogP contribution in [0.1, 0.15) is 16.1 Å². The van der Waals surface area contributed by atoms with Gasteiger partial charge in [0.05, 0.1) is 5.56 Å². The number of amides is 1. The number of pyridine rings is 1. The second kappa shape index (κ2) is 5.50. The first-order valence-corrected chi connectivity index (χ1v) is 4.68. The van der Waals surface area contributed by atoms with Crippen LogP contribution in [0, 0.1) is 6.92 Å². The molecule has 0 saturated carbocycles. The molecule has 2 N–H and O–H groups in total. The summed E-state index contributed by atoms with van der Waals surface area (Å²) >= 11 is 0. The smallest absolute Gasteiger partial charge is 0.265 e. The summed E-state index contributed by atoms with van der Waals surface area (Å²) in [6, 6.07) is 3.11. The van der Waals surface area contributed by atoms with E-state index in [4.69, 9.17) is 5.11 Å². The number of aromatic nitrogens is 1. The summed E-state index contributed by atoms with van der Waals surface area (Å²) in [6.45, 7) is 1.16. The Bertz CT molecular complexity index is 372. The predicted octanol–water partition coefficient (Wildman–Crippen LogP) is 0.746. The largest absolute Gasteiger partial charge is 0.385 e. The Morgan fingerprint density at radius 1 is 1.62 bits per heavy atom. The molecular weight excluding hydrogens is 218 g/mol. The fourth-order valence-electron chi connectivity index (χ4n) is 1.11. The lowest BCUT2D eigenvalue weighted by Crippen LogP contribution is -2.36. The Morgan fingerprint density at radius 2 is 2.31 bits per heavy atom. The summed E-state index contributed by atoms with van der Waals surface area (Å²) in [7, 11) is 0. The third-order valence-corrected chi connectivity index (χ3v) is 2.01. The molecule has 4 nitrogen and oxygen atoms in total. The number of aliphatic hydroxyl groups is 1. The van der Waals surface area contributed by atoms with Crippen molar-refractivity contribution in [1.82, 2.24) is 10.3 Å². The van der Waals surface area contributed by atoms with Gasteiger partial charge in [0, 0.05) is 18.4 Å². The molecule has 0 aliphatic rings. The maximum atomic E-state index is 11.9. The molecule has 1 aromatic heterocycles. The van der Waals surface area contributed by atoms with Crippen LogP contribution in [0.25, 0.3) is 0 Å². The Morgan fingerprint density at radius 3 is 2.88 bits per heavy atom. The highest BCUT2D eigenvalue weighted by Gasteiger charge is 2.18. The van der Waals surface area contributed by atoms with Crippen LogP contribution in [0.15, 0.2) is 18.3 Å². The molecule has 0 radical (unpaired) electrons. The van der Waals surface area contributed by atoms with E-state index < -0.39 is 25.0 Å². The summed E-state index contributed by atoms with van der Waals surface area (Å²) < 4.78 is 23.9. The van der Waals surface area contributed by atoms with Crippen molar-refractivity contribution < 1.29 is 18.7 Å². The number of carbonyl (C=O) groups is 1. The van der Waals surface area contributed by atoms with E-state index >= 15 is 0 Å². The minimum absolute atomic E-state index is 0.309. The summed E-state index contributed by atoms with van der Waals surface area (Å²) in [5.74, 6) is -0.523. The minimum Gasteiger partial charge on any atom is -0.385 e. The molecule has 1 aromatic rings. The number of aryl methyl sites for hydroxylation is 1. The van der Waals surface area contributed by atoms with Gasteiger partial charge in [0.2, 0.25) is 0 Å². The lowest BCUT2D eigenvalue weighted by molar-refractivity contribution is -0.00270. The number of halogens is 2. The van der Waals surface area contributed by atoms with Crippen molar-refractivity contribution in [3.8, 4) is 0 Å². The molecule has 1 rings (SSSR count). The highest BCUT2D eigenvalue weighted by molar-refractivity contribution is 5.95. The molecule has 16 heavy (non-hydrogen) atoms. The van der Waals surface area contributed by atoms with Crippen LogP contribution in [-0.2, 0) is 0 Å². The average molecular weight is 230 g/mol. The van der Waals surface area contributed by atoms with Gasteiger partial charge in [0.15, 0.2) is 0 Å². The molecule has 0 aromatic carbocycles. The van der Waals surface area contributed by atoms with Gasteiger partial charge in [-0.05, 0) is 19.1 Å². The van der Waals surface area contributed by atoms with E-state index in [1.54, 1.807) is 13.0 Å². The molecule has 1 amide bonds. The average Bonchev–Trinajstić information content (AvgIpc) is 2.25. The van der Waals surface area contributed by atoms with Crippen LogP contribution in [0.5, 0.6) is 0 Å². The first-order chi connectivity index (χ1) is 7.52. The molecule has 0 saturated heterocycles. The van der Waals surface area contributed by atoms with E-state index in [9.17, 15) is 13.6 Å². The second-order valence-electron chi connectivity index (χ2n) is 3.25. The zero-order chi connectivity index (χ0) is 12.1. The lowest BCUT2D eigenvalue weighted by atomic mass is 10.2. The molecule has 0 fully saturated rings. The van der Waals surface area contributed by atoms with Crippen molar-refractivity contribution >= 4 is 5.91 Å². The Hall–Kier alpha value is -1.56. The number of alkyl halides is 2. The summed E-state index contributed by atoms with van der Waals surface area (Å²) in [4.78, 5) is 15.4. The van der Waals surface area contributed by atoms with E-state index in [-0.39, 0.29) is 0 Å². The topological polar surface area (TPSA) is 62.2 Å². The van der Waals surface area contributed by atoms with Crippen molar-refractivity contribution in [3.05, 3.63) is 29.6 Å². The summed E-state index contributed by atoms with van der Waals surface area (Å²) in [5.41, 5.74) is 0.815. The molecule has 0 aliphatic heterocycles. The lowest BCUT2D eigenvalue weighted by Gasteiger charge is -2.11. The number of hydrogen-bond acceptors (Lipinski definition) is 3. The molecule has 6 heteroatoms. The summed E-state index contributed by atoms with van der Waals surface area (Å²) in [5, 5.41) is 11.0. The number of nitrogens with zero attached hydrogens (tertiary/aromatic N) is 1. The van der Waals surface area contributed by atoms with E-state index in [0.29, 0.717) is 11.3 Å². The van der Waals surface area contributed by atoms with Crippen molar-refractivity contribution in [2.75, 3.05) is 6.54 Å². The van der Waals surface area contributed by atoms with Crippen LogP contribution in [0.3, 0.4) is 0 Å². The van der Waals surface area contributed by atoms with Gasteiger partial charge in [0.1, 0.15) is 6.10 Å². The minimum atomic E-state index is -2.87. The Kier molecular flexibility index (Phi) is 4.30. The SMILES string of the molecule is Cc1ncccc1C(=O)NCC(O)C(F)F. The zero-order valence-electron chi connectivity index (χ0n) is 8.65. The van der Waals surface area contributed by atoms with Crippen LogP contribution < -0.4 is 5.32 Å². The zero-order valence-corrected chi connectivity index (χ0v) is 8.65. The normalized spacial score (nSPS) is 12.6. The van der Waals surface area contributed by atoms with Crippen molar-refractivity contribution in [2.24, 2.45) is 0 Å². The molecule has 0 spiro atoms. The van der Waals surface area contributed by atoms with Crippen LogP contribution in [0.2, 0.25) is 0 Å². The number of aliphatic hydroxyl groups excluding tert-OH is 1. The van der Waals surface area contributed by atoms with E-state index in [2.05, 4.69) is 10.3 Å². The third-order valence-electron chi connectivity index (χ3n) is 2.01. The van der Waals surface area contributed by atoms with Crippen LogP contribution >= 0.6 is 0 Å². The molecule has 1 unspecified atom stereocenters. The molecule has 0 bridgehead atoms.